The van der Waals surface area contributed by atoms with Crippen LogP contribution in [0, 0.1) is 6.19 Å². The molecule has 1 rings (SSSR count). The van der Waals surface area contributed by atoms with Crippen molar-refractivity contribution in [3.8, 4) is 6.19 Å². The molecule has 14 heavy (non-hydrogen) atoms. The van der Waals surface area contributed by atoms with Crippen LogP contribution in [0.25, 0.3) is 4.85 Å². The fourth-order valence-corrected chi connectivity index (χ4v) is 1.32. The lowest BCUT2D eigenvalue weighted by atomic mass is 10.1. The first-order valence-electron chi connectivity index (χ1n) is 4.76. The molecule has 4 heteroatoms. The van der Waals surface area contributed by atoms with Gasteiger partial charge in [-0.3, -0.25) is 4.79 Å². The molecule has 76 valence electrons. The van der Waals surface area contributed by atoms with Crippen LogP contribution in [0.5, 0.6) is 0 Å². The van der Waals surface area contributed by atoms with E-state index in [1.54, 1.807) is 0 Å². The first-order valence-corrected chi connectivity index (χ1v) is 4.76. The van der Waals surface area contributed by atoms with Crippen LogP contribution < -0.4 is 5.73 Å². The number of quaternary nitrogens is 1. The first kappa shape index (κ1) is 10.9. The summed E-state index contributed by atoms with van der Waals surface area (Å²) >= 11 is 0. The van der Waals surface area contributed by atoms with Crippen LogP contribution in [0.3, 0.4) is 0 Å². The quantitative estimate of drug-likeness (QED) is 0.535. The third kappa shape index (κ3) is 2.66. The lowest BCUT2D eigenvalue weighted by molar-refractivity contribution is -0.765. The van der Waals surface area contributed by atoms with Gasteiger partial charge in [-0.25, -0.2) is 0 Å². The van der Waals surface area contributed by atoms with Gasteiger partial charge in [-0.2, -0.15) is 4.48 Å². The number of carbonyl (C=O) groups excluding carboxylic acids is 1. The van der Waals surface area contributed by atoms with Crippen molar-refractivity contribution in [1.82, 2.24) is 0 Å². The van der Waals surface area contributed by atoms with Crippen molar-refractivity contribution in [2.24, 2.45) is 5.73 Å². The van der Waals surface area contributed by atoms with Gasteiger partial charge >= 0.3 is 11.9 Å². The Morgan fingerprint density at radius 1 is 1.71 bits per heavy atom. The molecule has 0 aromatic heterocycles. The van der Waals surface area contributed by atoms with Crippen LogP contribution in [-0.4, -0.2) is 30.4 Å². The highest BCUT2D eigenvalue weighted by Gasteiger charge is 2.32. The molecular formula is C10H17N3O+2. The summed E-state index contributed by atoms with van der Waals surface area (Å²) in [6, 6.07) is -0.421. The summed E-state index contributed by atoms with van der Waals surface area (Å²) in [5.41, 5.74) is 6.56. The summed E-state index contributed by atoms with van der Waals surface area (Å²) in [6.07, 6.45) is 5.86. The summed E-state index contributed by atoms with van der Waals surface area (Å²) in [4.78, 5) is 15.3. The Hall–Kier alpha value is -1.18. The number of carbonyl (C=O) groups is 1. The van der Waals surface area contributed by atoms with Crippen molar-refractivity contribution in [2.75, 3.05) is 14.1 Å². The van der Waals surface area contributed by atoms with Gasteiger partial charge in [-0.15, -0.1) is 0 Å². The zero-order valence-corrected chi connectivity index (χ0v) is 8.95. The summed E-state index contributed by atoms with van der Waals surface area (Å²) in [5, 5.41) is 0. The van der Waals surface area contributed by atoms with Gasteiger partial charge in [-0.05, 0) is 0 Å². The van der Waals surface area contributed by atoms with Gasteiger partial charge in [-0.1, -0.05) is 6.92 Å². The van der Waals surface area contributed by atoms with Gasteiger partial charge in [0.05, 0.1) is 26.6 Å². The molecule has 0 aliphatic carbocycles. The molecule has 1 atom stereocenters. The number of rotatable bonds is 4. The van der Waals surface area contributed by atoms with Crippen molar-refractivity contribution in [2.45, 2.75) is 25.8 Å². The molecule has 1 aliphatic heterocycles. The van der Waals surface area contributed by atoms with Crippen LogP contribution in [-0.2, 0) is 4.79 Å². The zero-order valence-electron chi connectivity index (χ0n) is 8.95. The van der Waals surface area contributed by atoms with E-state index < -0.39 is 6.04 Å². The van der Waals surface area contributed by atoms with E-state index in [0.717, 1.165) is 5.70 Å². The SMILES string of the molecule is CCC(=O)C(N)CC1=C[N+](C)(C)C#[N+]1. The molecular weight excluding hydrogens is 178 g/mol. The van der Waals surface area contributed by atoms with E-state index in [4.69, 9.17) is 5.73 Å². The van der Waals surface area contributed by atoms with Crippen LogP contribution >= 0.6 is 0 Å². The minimum atomic E-state index is -0.421. The van der Waals surface area contributed by atoms with Crippen molar-refractivity contribution in [3.63, 3.8) is 0 Å². The molecule has 0 fully saturated rings. The molecule has 1 heterocycles. The molecule has 0 bridgehead atoms. The standard InChI is InChI=1S/C10H17N3O/c1-4-10(14)9(11)5-8-6-13(2,3)7-12-8/h6,9H,4-5,11H2,1-3H3/q+2. The molecule has 0 aromatic rings. The molecule has 4 nitrogen and oxygen atoms in total. The summed E-state index contributed by atoms with van der Waals surface area (Å²) < 4.78 is 0.502. The van der Waals surface area contributed by atoms with Crippen LogP contribution in [0.2, 0.25) is 0 Å². The number of hydrogen-bond donors (Lipinski definition) is 1. The van der Waals surface area contributed by atoms with Gasteiger partial charge in [0.15, 0.2) is 0 Å². The third-order valence-corrected chi connectivity index (χ3v) is 2.11. The largest absolute Gasteiger partial charge is 0.537 e. The predicted molar refractivity (Wildman–Crippen MR) is 55.3 cm³/mol. The van der Waals surface area contributed by atoms with E-state index in [2.05, 4.69) is 11.0 Å². The van der Waals surface area contributed by atoms with Crippen molar-refractivity contribution in [3.05, 3.63) is 16.7 Å². The second kappa shape index (κ2) is 3.91. The van der Waals surface area contributed by atoms with E-state index in [0.29, 0.717) is 17.3 Å². The zero-order chi connectivity index (χ0) is 10.8. The number of hydrogen-bond acceptors (Lipinski definition) is 2. The molecule has 2 N–H and O–H groups in total. The van der Waals surface area contributed by atoms with Crippen molar-refractivity contribution >= 4 is 5.78 Å². The highest BCUT2D eigenvalue weighted by molar-refractivity contribution is 5.83. The normalized spacial score (nSPS) is 19.6. The molecule has 1 aliphatic rings. The monoisotopic (exact) mass is 195 g/mol. The Bertz CT molecular complexity index is 333. The Labute approximate surface area is 84.4 Å². The Balaban J connectivity index is 2.58. The topological polar surface area (TPSA) is 47.5 Å². The van der Waals surface area contributed by atoms with Crippen molar-refractivity contribution < 1.29 is 9.28 Å². The number of ketones is 1. The molecule has 0 aromatic carbocycles. The molecule has 1 unspecified atom stereocenters. The first-order chi connectivity index (χ1) is 6.44. The number of nitrogens with zero attached hydrogens (tertiary/aromatic N) is 2. The maximum atomic E-state index is 11.2. The van der Waals surface area contributed by atoms with Gasteiger partial charge in [0, 0.05) is 11.3 Å². The van der Waals surface area contributed by atoms with E-state index >= 15 is 0 Å². The van der Waals surface area contributed by atoms with Gasteiger partial charge < -0.3 is 5.73 Å². The lowest BCUT2D eigenvalue weighted by Gasteiger charge is -2.04. The van der Waals surface area contributed by atoms with Gasteiger partial charge in [0.2, 0.25) is 6.20 Å². The second-order valence-electron chi connectivity index (χ2n) is 4.00. The summed E-state index contributed by atoms with van der Waals surface area (Å²) in [6.45, 7) is 1.82. The Kier molecular flexibility index (Phi) is 3.04. The average molecular weight is 195 g/mol. The number of Topliss-reactive ketones (excluding diaryl/α,β-unsaturated/α-hetero) is 1. The maximum absolute atomic E-state index is 11.2. The summed E-state index contributed by atoms with van der Waals surface area (Å²) in [5.74, 6) is 0.0818. The lowest BCUT2D eigenvalue weighted by Crippen LogP contribution is -2.30. The highest BCUT2D eigenvalue weighted by Crippen LogP contribution is 2.16. The van der Waals surface area contributed by atoms with Crippen LogP contribution in [0.1, 0.15) is 19.8 Å². The second-order valence-corrected chi connectivity index (χ2v) is 4.00. The smallest absolute Gasteiger partial charge is 0.321 e. The average Bonchev–Trinajstić information content (AvgIpc) is 2.44. The maximum Gasteiger partial charge on any atom is 0.537 e. The molecule has 0 saturated heterocycles. The van der Waals surface area contributed by atoms with Crippen molar-refractivity contribution in [1.29, 1.82) is 0 Å². The number of nitrogens with two attached hydrogens (primary N) is 1. The molecule has 0 saturated carbocycles. The van der Waals surface area contributed by atoms with E-state index in [9.17, 15) is 4.79 Å². The molecule has 0 amide bonds. The highest BCUT2D eigenvalue weighted by atomic mass is 16.1. The third-order valence-electron chi connectivity index (χ3n) is 2.11. The minimum absolute atomic E-state index is 0.0818. The van der Waals surface area contributed by atoms with Crippen LogP contribution in [0.4, 0.5) is 0 Å². The van der Waals surface area contributed by atoms with Gasteiger partial charge in [0.1, 0.15) is 5.78 Å². The minimum Gasteiger partial charge on any atom is -0.321 e. The molecule has 0 radical (unpaired) electrons. The van der Waals surface area contributed by atoms with Crippen LogP contribution in [0.15, 0.2) is 11.9 Å². The van der Waals surface area contributed by atoms with E-state index in [1.165, 1.54) is 0 Å². The fraction of sp³-hybridized carbons (Fsp3) is 0.600. The molecule has 0 spiro atoms. The Morgan fingerprint density at radius 2 is 2.36 bits per heavy atom. The Morgan fingerprint density at radius 3 is 2.79 bits per heavy atom. The van der Waals surface area contributed by atoms with E-state index in [-0.39, 0.29) is 5.78 Å². The fourth-order valence-electron chi connectivity index (χ4n) is 1.32. The summed E-state index contributed by atoms with van der Waals surface area (Å²) in [7, 11) is 3.92. The van der Waals surface area contributed by atoms with E-state index in [1.807, 2.05) is 27.2 Å². The van der Waals surface area contributed by atoms with Gasteiger partial charge in [0.25, 0.3) is 0 Å². The predicted octanol–water partition coefficient (Wildman–Crippen LogP) is 0.905.